The summed E-state index contributed by atoms with van der Waals surface area (Å²) in [4.78, 5) is 7.06. The van der Waals surface area contributed by atoms with Crippen LogP contribution in [0.3, 0.4) is 0 Å². The molecule has 1 aromatic heterocycles. The molecule has 2 heterocycles. The third-order valence-corrected chi connectivity index (χ3v) is 4.37. The number of hydrogen-bond donors (Lipinski definition) is 0. The van der Waals surface area contributed by atoms with E-state index in [2.05, 4.69) is 51.8 Å². The van der Waals surface area contributed by atoms with Crippen molar-refractivity contribution in [3.63, 3.8) is 0 Å². The third-order valence-electron chi connectivity index (χ3n) is 4.37. The van der Waals surface area contributed by atoms with Gasteiger partial charge in [0.1, 0.15) is 5.82 Å². The second-order valence-electron chi connectivity index (χ2n) is 5.75. The van der Waals surface area contributed by atoms with Crippen LogP contribution in [-0.2, 0) is 20.0 Å². The van der Waals surface area contributed by atoms with Crippen molar-refractivity contribution in [2.75, 3.05) is 6.54 Å². The van der Waals surface area contributed by atoms with Crippen LogP contribution in [0, 0.1) is 0 Å². The van der Waals surface area contributed by atoms with Gasteiger partial charge in [0.15, 0.2) is 0 Å². The maximum absolute atomic E-state index is 4.45. The molecule has 2 aromatic rings. The number of benzene rings is 1. The fourth-order valence-corrected chi connectivity index (χ4v) is 3.14. The summed E-state index contributed by atoms with van der Waals surface area (Å²) in [5.41, 5.74) is 1.45. The SMILES string of the molecule is Cn1ccnc1CN1CCC[C@@H]1CCc1ccccc1. The van der Waals surface area contributed by atoms with E-state index >= 15 is 0 Å². The second-order valence-corrected chi connectivity index (χ2v) is 5.75. The lowest BCUT2D eigenvalue weighted by Gasteiger charge is -2.24. The molecule has 0 saturated carbocycles. The van der Waals surface area contributed by atoms with Crippen molar-refractivity contribution >= 4 is 0 Å². The largest absolute Gasteiger partial charge is 0.337 e. The zero-order valence-electron chi connectivity index (χ0n) is 12.2. The smallest absolute Gasteiger partial charge is 0.122 e. The van der Waals surface area contributed by atoms with Crippen LogP contribution >= 0.6 is 0 Å². The van der Waals surface area contributed by atoms with Gasteiger partial charge in [0.2, 0.25) is 0 Å². The third kappa shape index (κ3) is 3.10. The number of likely N-dealkylation sites (tertiary alicyclic amines) is 1. The molecule has 0 unspecified atom stereocenters. The fraction of sp³-hybridized carbons (Fsp3) is 0.471. The van der Waals surface area contributed by atoms with Gasteiger partial charge in [0.25, 0.3) is 0 Å². The van der Waals surface area contributed by atoms with Gasteiger partial charge < -0.3 is 4.57 Å². The normalized spacial score (nSPS) is 19.6. The second kappa shape index (κ2) is 6.23. The Bertz CT molecular complexity index is 532. The summed E-state index contributed by atoms with van der Waals surface area (Å²) in [6, 6.07) is 11.5. The predicted molar refractivity (Wildman–Crippen MR) is 81.4 cm³/mol. The standard InChI is InChI=1S/C17H23N3/c1-19-13-11-18-17(19)14-20-12-5-8-16(20)10-9-15-6-3-2-4-7-15/h2-4,6-7,11,13,16H,5,8-10,12,14H2,1H3/t16-/m1/s1. The molecule has 0 bridgehead atoms. The Morgan fingerprint density at radius 2 is 2.10 bits per heavy atom. The van der Waals surface area contributed by atoms with E-state index in [-0.39, 0.29) is 0 Å². The van der Waals surface area contributed by atoms with E-state index in [0.29, 0.717) is 6.04 Å². The van der Waals surface area contributed by atoms with Gasteiger partial charge in [-0.1, -0.05) is 30.3 Å². The number of rotatable bonds is 5. The van der Waals surface area contributed by atoms with Crippen LogP contribution in [0.4, 0.5) is 0 Å². The fourth-order valence-electron chi connectivity index (χ4n) is 3.14. The number of imidazole rings is 1. The predicted octanol–water partition coefficient (Wildman–Crippen LogP) is 3.02. The molecule has 0 radical (unpaired) electrons. The molecule has 20 heavy (non-hydrogen) atoms. The maximum Gasteiger partial charge on any atom is 0.122 e. The lowest BCUT2D eigenvalue weighted by atomic mass is 10.0. The summed E-state index contributed by atoms with van der Waals surface area (Å²) in [6.07, 6.45) is 9.02. The molecule has 0 aliphatic carbocycles. The van der Waals surface area contributed by atoms with Crippen molar-refractivity contribution < 1.29 is 0 Å². The van der Waals surface area contributed by atoms with Crippen molar-refractivity contribution in [3.8, 4) is 0 Å². The maximum atomic E-state index is 4.45. The zero-order valence-corrected chi connectivity index (χ0v) is 12.2. The van der Waals surface area contributed by atoms with Crippen molar-refractivity contribution in [2.45, 2.75) is 38.3 Å². The minimum atomic E-state index is 0.715. The Kier molecular flexibility index (Phi) is 4.16. The van der Waals surface area contributed by atoms with Crippen LogP contribution in [0.25, 0.3) is 0 Å². The van der Waals surface area contributed by atoms with Gasteiger partial charge >= 0.3 is 0 Å². The Balaban J connectivity index is 1.57. The number of hydrogen-bond acceptors (Lipinski definition) is 2. The molecule has 0 N–H and O–H groups in total. The summed E-state index contributed by atoms with van der Waals surface area (Å²) >= 11 is 0. The Morgan fingerprint density at radius 3 is 2.85 bits per heavy atom. The molecule has 1 atom stereocenters. The Labute approximate surface area is 121 Å². The van der Waals surface area contributed by atoms with E-state index in [9.17, 15) is 0 Å². The highest BCUT2D eigenvalue weighted by molar-refractivity contribution is 5.14. The van der Waals surface area contributed by atoms with Crippen molar-refractivity contribution in [2.24, 2.45) is 7.05 Å². The van der Waals surface area contributed by atoms with Crippen LogP contribution in [0.2, 0.25) is 0 Å². The highest BCUT2D eigenvalue weighted by atomic mass is 15.2. The van der Waals surface area contributed by atoms with Crippen molar-refractivity contribution in [1.82, 2.24) is 14.5 Å². The van der Waals surface area contributed by atoms with Crippen LogP contribution in [0.1, 0.15) is 30.7 Å². The molecular weight excluding hydrogens is 246 g/mol. The van der Waals surface area contributed by atoms with E-state index in [4.69, 9.17) is 0 Å². The molecule has 3 nitrogen and oxygen atoms in total. The first kappa shape index (κ1) is 13.4. The van der Waals surface area contributed by atoms with Crippen LogP contribution in [0.5, 0.6) is 0 Å². The lowest BCUT2D eigenvalue weighted by Crippen LogP contribution is -2.30. The minimum Gasteiger partial charge on any atom is -0.337 e. The average molecular weight is 269 g/mol. The molecule has 1 aliphatic heterocycles. The summed E-state index contributed by atoms with van der Waals surface area (Å²) in [5.74, 6) is 1.18. The van der Waals surface area contributed by atoms with Gasteiger partial charge in [0, 0.05) is 25.5 Å². The van der Waals surface area contributed by atoms with E-state index in [1.165, 1.54) is 43.6 Å². The lowest BCUT2D eigenvalue weighted by molar-refractivity contribution is 0.227. The van der Waals surface area contributed by atoms with E-state index in [1.54, 1.807) is 0 Å². The van der Waals surface area contributed by atoms with Gasteiger partial charge in [-0.25, -0.2) is 4.98 Å². The van der Waals surface area contributed by atoms with E-state index in [0.717, 1.165) is 6.54 Å². The summed E-state index contributed by atoms with van der Waals surface area (Å²) < 4.78 is 2.13. The topological polar surface area (TPSA) is 21.1 Å². The Hall–Kier alpha value is -1.61. The molecule has 106 valence electrons. The van der Waals surface area contributed by atoms with Gasteiger partial charge in [-0.05, 0) is 37.8 Å². The minimum absolute atomic E-state index is 0.715. The molecule has 0 spiro atoms. The van der Waals surface area contributed by atoms with E-state index < -0.39 is 0 Å². The molecule has 3 rings (SSSR count). The number of nitrogens with zero attached hydrogens (tertiary/aromatic N) is 3. The highest BCUT2D eigenvalue weighted by Crippen LogP contribution is 2.23. The molecule has 0 amide bonds. The first-order chi connectivity index (χ1) is 9.83. The van der Waals surface area contributed by atoms with Crippen LogP contribution in [-0.4, -0.2) is 27.0 Å². The van der Waals surface area contributed by atoms with Gasteiger partial charge in [-0.3, -0.25) is 4.90 Å². The summed E-state index contributed by atoms with van der Waals surface area (Å²) in [6.45, 7) is 2.20. The Morgan fingerprint density at radius 1 is 1.25 bits per heavy atom. The van der Waals surface area contributed by atoms with Gasteiger partial charge in [0.05, 0.1) is 6.54 Å². The van der Waals surface area contributed by atoms with E-state index in [1.807, 2.05) is 12.4 Å². The van der Waals surface area contributed by atoms with Crippen molar-refractivity contribution in [1.29, 1.82) is 0 Å². The number of aromatic nitrogens is 2. The van der Waals surface area contributed by atoms with Gasteiger partial charge in [-0.2, -0.15) is 0 Å². The molecule has 1 saturated heterocycles. The van der Waals surface area contributed by atoms with Crippen molar-refractivity contribution in [3.05, 3.63) is 54.1 Å². The van der Waals surface area contributed by atoms with Gasteiger partial charge in [-0.15, -0.1) is 0 Å². The average Bonchev–Trinajstić information content (AvgIpc) is 3.08. The summed E-state index contributed by atoms with van der Waals surface area (Å²) in [5, 5.41) is 0. The first-order valence-electron chi connectivity index (χ1n) is 7.57. The monoisotopic (exact) mass is 269 g/mol. The molecule has 1 aliphatic rings. The highest BCUT2D eigenvalue weighted by Gasteiger charge is 2.25. The molecule has 1 fully saturated rings. The van der Waals surface area contributed by atoms with Crippen LogP contribution < -0.4 is 0 Å². The van der Waals surface area contributed by atoms with Crippen LogP contribution in [0.15, 0.2) is 42.7 Å². The first-order valence-corrected chi connectivity index (χ1v) is 7.57. The number of aryl methyl sites for hydroxylation is 2. The molecule has 1 aromatic carbocycles. The quantitative estimate of drug-likeness (QED) is 0.832. The zero-order chi connectivity index (χ0) is 13.8. The summed E-state index contributed by atoms with van der Waals surface area (Å²) in [7, 11) is 2.08. The molecular formula is C17H23N3. The molecule has 3 heteroatoms.